The highest BCUT2D eigenvalue weighted by atomic mass is 16.2. The van der Waals surface area contributed by atoms with Crippen LogP contribution in [0.3, 0.4) is 0 Å². The molecular weight excluding hydrogens is 366 g/mol. The maximum absolute atomic E-state index is 12.7. The lowest BCUT2D eigenvalue weighted by atomic mass is 10.2. The molecule has 0 saturated carbocycles. The molecule has 1 N–H and O–H groups in total. The molecule has 7 heteroatoms. The summed E-state index contributed by atoms with van der Waals surface area (Å²) in [5, 5.41) is 7.24. The number of hydrogen-bond donors (Lipinski definition) is 1. The Morgan fingerprint density at radius 3 is 2.31 bits per heavy atom. The lowest BCUT2D eigenvalue weighted by Crippen LogP contribution is -2.33. The van der Waals surface area contributed by atoms with Gasteiger partial charge in [-0.05, 0) is 63.2 Å². The summed E-state index contributed by atoms with van der Waals surface area (Å²) in [7, 11) is 0. The molecule has 0 fully saturated rings. The highest BCUT2D eigenvalue weighted by Gasteiger charge is 2.18. The average molecular weight is 391 g/mol. The van der Waals surface area contributed by atoms with Gasteiger partial charge in [-0.25, -0.2) is 4.68 Å². The second-order valence-corrected chi connectivity index (χ2v) is 6.62. The van der Waals surface area contributed by atoms with Crippen LogP contribution in [0.1, 0.15) is 26.8 Å². The van der Waals surface area contributed by atoms with Gasteiger partial charge in [0.25, 0.3) is 5.56 Å². The van der Waals surface area contributed by atoms with E-state index in [0.717, 1.165) is 24.3 Å². The van der Waals surface area contributed by atoms with E-state index in [9.17, 15) is 9.59 Å². The quantitative estimate of drug-likeness (QED) is 0.668. The van der Waals surface area contributed by atoms with Crippen LogP contribution in [-0.4, -0.2) is 33.8 Å². The van der Waals surface area contributed by atoms with E-state index in [-0.39, 0.29) is 11.5 Å². The fraction of sp³-hybridized carbons (Fsp3) is 0.273. The number of amides is 1. The lowest BCUT2D eigenvalue weighted by Gasteiger charge is -2.21. The second kappa shape index (κ2) is 9.14. The van der Waals surface area contributed by atoms with E-state index in [1.807, 2.05) is 24.3 Å². The zero-order valence-corrected chi connectivity index (χ0v) is 16.9. The van der Waals surface area contributed by atoms with Crippen molar-refractivity contribution in [2.24, 2.45) is 0 Å². The highest BCUT2D eigenvalue weighted by Crippen LogP contribution is 2.19. The molecule has 150 valence electrons. The number of nitrogens with zero attached hydrogens (tertiary/aromatic N) is 4. The summed E-state index contributed by atoms with van der Waals surface area (Å²) in [6.07, 6.45) is 3.31. The van der Waals surface area contributed by atoms with Gasteiger partial charge in [-0.15, -0.1) is 0 Å². The molecule has 0 saturated heterocycles. The minimum Gasteiger partial charge on any atom is -0.372 e. The van der Waals surface area contributed by atoms with Crippen LogP contribution in [0.4, 0.5) is 11.4 Å². The first-order valence-corrected chi connectivity index (χ1v) is 9.69. The van der Waals surface area contributed by atoms with Gasteiger partial charge in [0.15, 0.2) is 0 Å². The Labute approximate surface area is 170 Å². The van der Waals surface area contributed by atoms with Crippen LogP contribution in [-0.2, 0) is 4.79 Å². The predicted molar refractivity (Wildman–Crippen MR) is 115 cm³/mol. The van der Waals surface area contributed by atoms with Crippen molar-refractivity contribution in [2.75, 3.05) is 23.3 Å². The fourth-order valence-electron chi connectivity index (χ4n) is 3.08. The molecule has 0 aliphatic rings. The molecule has 3 aromatic rings. The van der Waals surface area contributed by atoms with E-state index in [4.69, 9.17) is 0 Å². The molecule has 1 amide bonds. The van der Waals surface area contributed by atoms with E-state index >= 15 is 0 Å². The topological polar surface area (TPSA) is 80.1 Å². The van der Waals surface area contributed by atoms with Gasteiger partial charge < -0.3 is 10.2 Å². The van der Waals surface area contributed by atoms with Crippen LogP contribution in [0.25, 0.3) is 11.3 Å². The number of anilines is 2. The number of hydrogen-bond acceptors (Lipinski definition) is 5. The van der Waals surface area contributed by atoms with E-state index in [2.05, 4.69) is 34.1 Å². The number of carbonyl (C=O) groups excluding carboxylic acids is 1. The van der Waals surface area contributed by atoms with E-state index < -0.39 is 6.04 Å². The Morgan fingerprint density at radius 2 is 1.69 bits per heavy atom. The number of carbonyl (C=O) groups is 1. The third-order valence-corrected chi connectivity index (χ3v) is 4.81. The van der Waals surface area contributed by atoms with Gasteiger partial charge in [0.05, 0.1) is 5.69 Å². The first-order chi connectivity index (χ1) is 14.0. The van der Waals surface area contributed by atoms with Crippen LogP contribution in [0, 0.1) is 0 Å². The summed E-state index contributed by atoms with van der Waals surface area (Å²) in [5.74, 6) is -0.304. The molecule has 0 bridgehead atoms. The number of aromatic nitrogens is 3. The van der Waals surface area contributed by atoms with Gasteiger partial charge in [0, 0.05) is 48.5 Å². The van der Waals surface area contributed by atoms with Crippen molar-refractivity contribution in [3.8, 4) is 11.3 Å². The SMILES string of the molecule is CCN(CC)c1ccc(NC(=O)C(C)n2nc(-c3ccncc3)ccc2=O)cc1. The van der Waals surface area contributed by atoms with Gasteiger partial charge in [0.1, 0.15) is 6.04 Å². The molecule has 1 unspecified atom stereocenters. The Kier molecular flexibility index (Phi) is 6.39. The second-order valence-electron chi connectivity index (χ2n) is 6.62. The molecule has 0 spiro atoms. The lowest BCUT2D eigenvalue weighted by molar-refractivity contribution is -0.119. The maximum Gasteiger partial charge on any atom is 0.267 e. The van der Waals surface area contributed by atoms with E-state index in [1.54, 1.807) is 37.5 Å². The molecule has 1 aromatic carbocycles. The monoisotopic (exact) mass is 391 g/mol. The predicted octanol–water partition coefficient (Wildman–Crippen LogP) is 3.35. The Bertz CT molecular complexity index is 1010. The summed E-state index contributed by atoms with van der Waals surface area (Å²) < 4.78 is 1.20. The number of benzene rings is 1. The van der Waals surface area contributed by atoms with Crippen molar-refractivity contribution in [3.05, 3.63) is 71.3 Å². The van der Waals surface area contributed by atoms with Crippen molar-refractivity contribution >= 4 is 17.3 Å². The van der Waals surface area contributed by atoms with Crippen molar-refractivity contribution in [3.63, 3.8) is 0 Å². The Balaban J connectivity index is 1.77. The van der Waals surface area contributed by atoms with Crippen LogP contribution >= 0.6 is 0 Å². The zero-order chi connectivity index (χ0) is 20.8. The summed E-state index contributed by atoms with van der Waals surface area (Å²) in [4.78, 5) is 31.2. The van der Waals surface area contributed by atoms with Crippen molar-refractivity contribution in [1.29, 1.82) is 0 Å². The molecule has 2 heterocycles. The maximum atomic E-state index is 12.7. The first-order valence-electron chi connectivity index (χ1n) is 9.69. The normalized spacial score (nSPS) is 11.7. The van der Waals surface area contributed by atoms with Crippen LogP contribution in [0.2, 0.25) is 0 Å². The van der Waals surface area contributed by atoms with E-state index in [1.165, 1.54) is 10.7 Å². The molecular formula is C22H25N5O2. The minimum absolute atomic E-state index is 0.304. The molecule has 0 aliphatic heterocycles. The summed E-state index contributed by atoms with van der Waals surface area (Å²) in [6.45, 7) is 7.70. The van der Waals surface area contributed by atoms with E-state index in [0.29, 0.717) is 11.4 Å². The Hall–Kier alpha value is -3.48. The Morgan fingerprint density at radius 1 is 1.03 bits per heavy atom. The smallest absolute Gasteiger partial charge is 0.267 e. The average Bonchev–Trinajstić information content (AvgIpc) is 2.76. The number of nitrogens with one attached hydrogen (secondary N) is 1. The van der Waals surface area contributed by atoms with Crippen LogP contribution in [0.5, 0.6) is 0 Å². The summed E-state index contributed by atoms with van der Waals surface area (Å²) in [6, 6.07) is 13.6. The molecule has 0 radical (unpaired) electrons. The highest BCUT2D eigenvalue weighted by molar-refractivity contribution is 5.93. The zero-order valence-electron chi connectivity index (χ0n) is 16.9. The van der Waals surface area contributed by atoms with Crippen LogP contribution in [0.15, 0.2) is 65.7 Å². The van der Waals surface area contributed by atoms with Gasteiger partial charge in [0.2, 0.25) is 5.91 Å². The third-order valence-electron chi connectivity index (χ3n) is 4.81. The molecule has 2 aromatic heterocycles. The van der Waals surface area contributed by atoms with Gasteiger partial charge in [-0.1, -0.05) is 0 Å². The standard InChI is InChI=1S/C22H25N5O2/c1-4-26(5-2)19-8-6-18(7-9-19)24-22(29)16(3)27-21(28)11-10-20(25-27)17-12-14-23-15-13-17/h6-16H,4-5H2,1-3H3,(H,24,29). The summed E-state index contributed by atoms with van der Waals surface area (Å²) >= 11 is 0. The molecule has 1 atom stereocenters. The van der Waals surface area contributed by atoms with Crippen molar-refractivity contribution in [2.45, 2.75) is 26.8 Å². The minimum atomic E-state index is -0.758. The molecule has 0 aliphatic carbocycles. The van der Waals surface area contributed by atoms with Gasteiger partial charge in [-0.2, -0.15) is 5.10 Å². The largest absolute Gasteiger partial charge is 0.372 e. The number of pyridine rings is 1. The van der Waals surface area contributed by atoms with Gasteiger partial charge >= 0.3 is 0 Å². The third kappa shape index (κ3) is 4.68. The van der Waals surface area contributed by atoms with Crippen molar-refractivity contribution in [1.82, 2.24) is 14.8 Å². The molecule has 7 nitrogen and oxygen atoms in total. The molecule has 3 rings (SSSR count). The fourth-order valence-corrected chi connectivity index (χ4v) is 3.08. The first kappa shape index (κ1) is 20.3. The molecule has 29 heavy (non-hydrogen) atoms. The van der Waals surface area contributed by atoms with Crippen LogP contribution < -0.4 is 15.8 Å². The number of rotatable bonds is 7. The van der Waals surface area contributed by atoms with Crippen molar-refractivity contribution < 1.29 is 4.79 Å². The van der Waals surface area contributed by atoms with Gasteiger partial charge in [-0.3, -0.25) is 14.6 Å². The summed E-state index contributed by atoms with van der Waals surface area (Å²) in [5.41, 5.74) is 2.88.